The summed E-state index contributed by atoms with van der Waals surface area (Å²) >= 11 is 0. The lowest BCUT2D eigenvalue weighted by Crippen LogP contribution is -2.11. The Hall–Kier alpha value is -2.08. The summed E-state index contributed by atoms with van der Waals surface area (Å²) in [5, 5.41) is 1.94. The molecule has 0 aliphatic heterocycles. The molecule has 0 aliphatic rings. The molecule has 0 spiro atoms. The van der Waals surface area contributed by atoms with Gasteiger partial charge in [0.1, 0.15) is 0 Å². The average Bonchev–Trinajstić information content (AvgIpc) is 2.57. The van der Waals surface area contributed by atoms with Crippen molar-refractivity contribution in [2.45, 2.75) is 26.2 Å². The zero-order chi connectivity index (χ0) is 18.5. The van der Waals surface area contributed by atoms with Crippen molar-refractivity contribution in [3.8, 4) is 11.1 Å². The molecular formula is C20H20. The Morgan fingerprint density at radius 3 is 2.10 bits per heavy atom. The summed E-state index contributed by atoms with van der Waals surface area (Å²) in [6.07, 6.45) is 0. The molecular weight excluding hydrogens is 240 g/mol. The van der Waals surface area contributed by atoms with E-state index < -0.39 is 0 Å². The van der Waals surface area contributed by atoms with Gasteiger partial charge in [-0.15, -0.1) is 0 Å². The van der Waals surface area contributed by atoms with Crippen LogP contribution >= 0.6 is 0 Å². The van der Waals surface area contributed by atoms with Crippen LogP contribution < -0.4 is 0 Å². The van der Waals surface area contributed by atoms with Gasteiger partial charge in [-0.1, -0.05) is 87.4 Å². The highest BCUT2D eigenvalue weighted by Crippen LogP contribution is 2.35. The SMILES string of the molecule is [2H]c1c([2H])c([2H])c(-c2ccc(C(C)(C)C)c3ccccc23)c([2H])c1[2H]. The fraction of sp³-hybridized carbons (Fsp3) is 0.200. The van der Waals surface area contributed by atoms with Crippen molar-refractivity contribution < 1.29 is 6.85 Å². The third kappa shape index (κ3) is 2.22. The summed E-state index contributed by atoms with van der Waals surface area (Å²) in [6.45, 7) is 6.41. The fourth-order valence-electron chi connectivity index (χ4n) is 2.56. The minimum Gasteiger partial charge on any atom is -0.0622 e. The standard InChI is InChI=1S/C20H20/c1-20(2,3)19-14-13-16(15-9-5-4-6-10-15)17-11-7-8-12-18(17)19/h4-14H,1-3H3/i4D,5D,6D,9D,10D. The van der Waals surface area contributed by atoms with E-state index in [9.17, 15) is 0 Å². The van der Waals surface area contributed by atoms with Crippen molar-refractivity contribution >= 4 is 10.8 Å². The first-order valence-corrected chi connectivity index (χ1v) is 6.74. The van der Waals surface area contributed by atoms with E-state index in [0.29, 0.717) is 5.56 Å². The van der Waals surface area contributed by atoms with Gasteiger partial charge in [-0.3, -0.25) is 0 Å². The van der Waals surface area contributed by atoms with E-state index in [1.807, 2.05) is 36.4 Å². The Bertz CT molecular complexity index is 955. The molecule has 0 heterocycles. The van der Waals surface area contributed by atoms with Crippen molar-refractivity contribution in [3.63, 3.8) is 0 Å². The van der Waals surface area contributed by atoms with Gasteiger partial charge in [-0.25, -0.2) is 0 Å². The third-order valence-corrected chi connectivity index (χ3v) is 3.50. The first kappa shape index (κ1) is 8.26. The summed E-state index contributed by atoms with van der Waals surface area (Å²) in [5.74, 6) is 0. The highest BCUT2D eigenvalue weighted by atomic mass is 14.2. The molecule has 3 rings (SSSR count). The first-order valence-electron chi connectivity index (χ1n) is 9.24. The van der Waals surface area contributed by atoms with E-state index in [0.717, 1.165) is 10.8 Å². The molecule has 0 unspecified atom stereocenters. The van der Waals surface area contributed by atoms with Gasteiger partial charge in [0.15, 0.2) is 0 Å². The highest BCUT2D eigenvalue weighted by Gasteiger charge is 2.17. The summed E-state index contributed by atoms with van der Waals surface area (Å²) < 4.78 is 40.1. The second kappa shape index (κ2) is 4.79. The average molecular weight is 265 g/mol. The second-order valence-electron chi connectivity index (χ2n) is 5.96. The van der Waals surface area contributed by atoms with Gasteiger partial charge in [0, 0.05) is 0 Å². The van der Waals surface area contributed by atoms with E-state index in [1.165, 1.54) is 5.56 Å². The largest absolute Gasteiger partial charge is 0.0629 e. The molecule has 100 valence electrons. The predicted octanol–water partition coefficient (Wildman–Crippen LogP) is 5.80. The van der Waals surface area contributed by atoms with E-state index in [1.54, 1.807) is 0 Å². The number of rotatable bonds is 1. The molecule has 0 heteroatoms. The van der Waals surface area contributed by atoms with E-state index in [2.05, 4.69) is 20.8 Å². The van der Waals surface area contributed by atoms with Gasteiger partial charge in [-0.2, -0.15) is 0 Å². The molecule has 0 saturated heterocycles. The van der Waals surface area contributed by atoms with Crippen LogP contribution in [-0.4, -0.2) is 0 Å². The zero-order valence-electron chi connectivity index (χ0n) is 17.0. The number of hydrogen-bond donors (Lipinski definition) is 0. The molecule has 3 aromatic rings. The molecule has 0 aromatic heterocycles. The lowest BCUT2D eigenvalue weighted by atomic mass is 9.82. The van der Waals surface area contributed by atoms with Gasteiger partial charge in [0.2, 0.25) is 0 Å². The van der Waals surface area contributed by atoms with Gasteiger partial charge in [0.05, 0.1) is 6.85 Å². The van der Waals surface area contributed by atoms with Crippen molar-refractivity contribution in [1.29, 1.82) is 0 Å². The Labute approximate surface area is 128 Å². The van der Waals surface area contributed by atoms with Crippen molar-refractivity contribution in [1.82, 2.24) is 0 Å². The molecule has 0 amide bonds. The molecule has 20 heavy (non-hydrogen) atoms. The minimum atomic E-state index is -0.366. The molecule has 0 N–H and O–H groups in total. The smallest absolute Gasteiger partial charge is 0.0622 e. The van der Waals surface area contributed by atoms with Gasteiger partial charge in [0.25, 0.3) is 0 Å². The van der Waals surface area contributed by atoms with E-state index >= 15 is 0 Å². The molecule has 0 radical (unpaired) electrons. The molecule has 0 atom stereocenters. The number of hydrogen-bond acceptors (Lipinski definition) is 0. The maximum Gasteiger partial charge on any atom is 0.0629 e. The summed E-state index contributed by atoms with van der Waals surface area (Å²) in [5.41, 5.74) is 2.03. The molecule has 0 bridgehead atoms. The lowest BCUT2D eigenvalue weighted by Gasteiger charge is -2.22. The van der Waals surface area contributed by atoms with Crippen LogP contribution in [0.1, 0.15) is 33.2 Å². The van der Waals surface area contributed by atoms with Crippen LogP contribution in [0.25, 0.3) is 21.9 Å². The second-order valence-corrected chi connectivity index (χ2v) is 5.96. The predicted molar refractivity (Wildman–Crippen MR) is 88.1 cm³/mol. The maximum atomic E-state index is 8.25. The molecule has 0 nitrogen and oxygen atoms in total. The van der Waals surface area contributed by atoms with Crippen LogP contribution in [0.4, 0.5) is 0 Å². The quantitative estimate of drug-likeness (QED) is 0.521. The fourth-order valence-corrected chi connectivity index (χ4v) is 2.56. The number of benzene rings is 3. The van der Waals surface area contributed by atoms with E-state index in [4.69, 9.17) is 6.85 Å². The first-order chi connectivity index (χ1) is 11.6. The third-order valence-electron chi connectivity index (χ3n) is 3.50. The van der Waals surface area contributed by atoms with Crippen LogP contribution in [0, 0.1) is 0 Å². The topological polar surface area (TPSA) is 0 Å². The molecule has 0 saturated carbocycles. The van der Waals surface area contributed by atoms with Crippen molar-refractivity contribution in [2.24, 2.45) is 0 Å². The normalized spacial score (nSPS) is 15.2. The van der Waals surface area contributed by atoms with Crippen molar-refractivity contribution in [3.05, 3.63) is 72.2 Å². The van der Waals surface area contributed by atoms with Gasteiger partial charge >= 0.3 is 0 Å². The van der Waals surface area contributed by atoms with Crippen LogP contribution in [0.3, 0.4) is 0 Å². The molecule has 0 aliphatic carbocycles. The Kier molecular flexibility index (Phi) is 1.98. The van der Waals surface area contributed by atoms with Crippen LogP contribution in [-0.2, 0) is 5.41 Å². The Morgan fingerprint density at radius 1 is 0.800 bits per heavy atom. The van der Waals surface area contributed by atoms with Gasteiger partial charge < -0.3 is 0 Å². The summed E-state index contributed by atoms with van der Waals surface area (Å²) in [6, 6.07) is 10.4. The number of fused-ring (bicyclic) bond motifs is 1. The minimum absolute atomic E-state index is 0.0576. The monoisotopic (exact) mass is 265 g/mol. The molecule has 0 fully saturated rings. The van der Waals surface area contributed by atoms with Crippen LogP contribution in [0.15, 0.2) is 66.6 Å². The lowest BCUT2D eigenvalue weighted by molar-refractivity contribution is 0.596. The van der Waals surface area contributed by atoms with Crippen LogP contribution in [0.2, 0.25) is 0 Å². The molecule has 3 aromatic carbocycles. The Morgan fingerprint density at radius 2 is 1.45 bits per heavy atom. The summed E-state index contributed by atoms with van der Waals surface area (Å²) in [4.78, 5) is 0. The Balaban J connectivity index is 2.44. The highest BCUT2D eigenvalue weighted by molar-refractivity contribution is 5.99. The zero-order valence-corrected chi connectivity index (χ0v) is 12.0. The van der Waals surface area contributed by atoms with Crippen LogP contribution in [0.5, 0.6) is 0 Å². The van der Waals surface area contributed by atoms with Gasteiger partial charge in [-0.05, 0) is 32.9 Å². The summed E-state index contributed by atoms with van der Waals surface area (Å²) in [7, 11) is 0. The maximum absolute atomic E-state index is 8.25. The van der Waals surface area contributed by atoms with Crippen molar-refractivity contribution in [2.75, 3.05) is 0 Å². The van der Waals surface area contributed by atoms with E-state index in [-0.39, 0.29) is 41.2 Å².